The van der Waals surface area contributed by atoms with Crippen LogP contribution in [0.1, 0.15) is 12.5 Å². The Morgan fingerprint density at radius 3 is 2.58 bits per heavy atom. The molecule has 2 N–H and O–H groups in total. The number of aromatic nitrogens is 2. The fraction of sp³-hybridized carbons (Fsp3) is 0.389. The lowest BCUT2D eigenvalue weighted by Gasteiger charge is -2.13. The quantitative estimate of drug-likeness (QED) is 0.414. The van der Waals surface area contributed by atoms with Gasteiger partial charge in [-0.3, -0.25) is 5.32 Å². The number of benzene rings is 1. The first-order valence-corrected chi connectivity index (χ1v) is 11.5. The molecule has 0 atom stereocenters. The van der Waals surface area contributed by atoms with E-state index in [1.807, 2.05) is 22.0 Å². The number of urea groups is 1. The first-order valence-electron chi connectivity index (χ1n) is 9.29. The number of carbonyl (C=O) groups excluding carboxylic acids is 1. The summed E-state index contributed by atoms with van der Waals surface area (Å²) in [4.78, 5) is 20.8. The molecule has 2 amide bonds. The van der Waals surface area contributed by atoms with Crippen LogP contribution in [0.15, 0.2) is 34.1 Å². The van der Waals surface area contributed by atoms with Gasteiger partial charge >= 0.3 is 6.03 Å². The van der Waals surface area contributed by atoms with E-state index < -0.39 is 16.1 Å². The van der Waals surface area contributed by atoms with Crippen LogP contribution in [0.4, 0.5) is 10.7 Å². The molecule has 31 heavy (non-hydrogen) atoms. The van der Waals surface area contributed by atoms with E-state index >= 15 is 0 Å². The molecule has 1 aromatic heterocycles. The van der Waals surface area contributed by atoms with E-state index in [0.717, 1.165) is 5.56 Å². The fourth-order valence-electron chi connectivity index (χ4n) is 2.76. The minimum absolute atomic E-state index is 0.0215. The van der Waals surface area contributed by atoms with Crippen molar-refractivity contribution in [1.82, 2.24) is 19.0 Å². The molecule has 0 unspecified atom stereocenters. The monoisotopic (exact) mass is 469 g/mol. The molecule has 1 aliphatic heterocycles. The van der Waals surface area contributed by atoms with E-state index in [-0.39, 0.29) is 22.6 Å². The van der Waals surface area contributed by atoms with Gasteiger partial charge in [0.15, 0.2) is 0 Å². The van der Waals surface area contributed by atoms with Gasteiger partial charge in [0.25, 0.3) is 10.0 Å². The average molecular weight is 470 g/mol. The largest absolute Gasteiger partial charge is 0.481 e. The first-order chi connectivity index (χ1) is 14.9. The summed E-state index contributed by atoms with van der Waals surface area (Å²) in [6.07, 6.45) is 0. The van der Waals surface area contributed by atoms with Crippen LogP contribution in [0.3, 0.4) is 0 Å². The van der Waals surface area contributed by atoms with Gasteiger partial charge in [-0.25, -0.2) is 22.2 Å². The van der Waals surface area contributed by atoms with Crippen molar-refractivity contribution in [2.24, 2.45) is 0 Å². The molecule has 2 aromatic rings. The number of carbonyl (C=O) groups is 1. The predicted molar refractivity (Wildman–Crippen MR) is 114 cm³/mol. The van der Waals surface area contributed by atoms with Crippen molar-refractivity contribution in [3.8, 4) is 11.8 Å². The summed E-state index contributed by atoms with van der Waals surface area (Å²) in [7, 11) is -1.36. The van der Waals surface area contributed by atoms with Crippen LogP contribution in [-0.2, 0) is 21.3 Å². The van der Waals surface area contributed by atoms with Crippen LogP contribution in [0.2, 0.25) is 0 Å². The number of nitrogens with zero attached hydrogens (tertiary/aromatic N) is 3. The Balaban J connectivity index is 1.73. The molecule has 13 heteroatoms. The lowest BCUT2D eigenvalue weighted by Crippen LogP contribution is -2.35. The Morgan fingerprint density at radius 2 is 1.94 bits per heavy atom. The molecule has 0 saturated carbocycles. The molecule has 0 radical (unpaired) electrons. The molecule has 0 aliphatic carbocycles. The summed E-state index contributed by atoms with van der Waals surface area (Å²) in [5.41, 5.74) is 0.866. The third-order valence-electron chi connectivity index (χ3n) is 4.16. The smallest absolute Gasteiger partial charge is 0.335 e. The molecule has 168 valence electrons. The minimum Gasteiger partial charge on any atom is -0.481 e. The Labute approximate surface area is 184 Å². The minimum atomic E-state index is -4.14. The number of ether oxygens (including phenoxy) is 3. The van der Waals surface area contributed by atoms with Gasteiger partial charge in [-0.15, -0.1) is 0 Å². The van der Waals surface area contributed by atoms with Crippen LogP contribution in [-0.4, -0.2) is 62.7 Å². The number of sulfonamides is 1. The third-order valence-corrected chi connectivity index (χ3v) is 6.89. The predicted octanol–water partition coefficient (Wildman–Crippen LogP) is 1.86. The van der Waals surface area contributed by atoms with Gasteiger partial charge < -0.3 is 14.2 Å². The summed E-state index contributed by atoms with van der Waals surface area (Å²) >= 11 is 1.33. The number of methoxy groups -OCH3 is 2. The van der Waals surface area contributed by atoms with Gasteiger partial charge in [0.1, 0.15) is 4.90 Å². The second kappa shape index (κ2) is 10.1. The normalized spacial score (nSPS) is 13.5. The highest BCUT2D eigenvalue weighted by molar-refractivity contribution is 7.98. The molecule has 0 bridgehead atoms. The first kappa shape index (κ1) is 23.1. The molecule has 1 aliphatic rings. The zero-order valence-corrected chi connectivity index (χ0v) is 18.9. The van der Waals surface area contributed by atoms with Crippen molar-refractivity contribution in [3.05, 3.63) is 29.8 Å². The molecule has 0 saturated heterocycles. The van der Waals surface area contributed by atoms with Gasteiger partial charge in [-0.2, -0.15) is 9.97 Å². The topological polar surface area (TPSA) is 132 Å². The van der Waals surface area contributed by atoms with Crippen LogP contribution in [0.25, 0.3) is 0 Å². The molecule has 2 heterocycles. The summed E-state index contributed by atoms with van der Waals surface area (Å²) in [6.45, 7) is 4.31. The molecule has 0 fully saturated rings. The van der Waals surface area contributed by atoms with Crippen molar-refractivity contribution in [1.29, 1.82) is 0 Å². The van der Waals surface area contributed by atoms with Gasteiger partial charge in [0.05, 0.1) is 26.9 Å². The van der Waals surface area contributed by atoms with Crippen LogP contribution < -0.4 is 19.5 Å². The highest BCUT2D eigenvalue weighted by atomic mass is 32.2. The van der Waals surface area contributed by atoms with Crippen molar-refractivity contribution in [2.45, 2.75) is 23.3 Å². The number of anilines is 1. The Bertz CT molecular complexity index is 1030. The van der Waals surface area contributed by atoms with Crippen LogP contribution in [0, 0.1) is 0 Å². The highest BCUT2D eigenvalue weighted by Crippen LogP contribution is 2.39. The van der Waals surface area contributed by atoms with Gasteiger partial charge in [0, 0.05) is 24.6 Å². The van der Waals surface area contributed by atoms with E-state index in [1.54, 1.807) is 6.07 Å². The number of hydrogen-bond acceptors (Lipinski definition) is 10. The number of nitrogens with one attached hydrogen (secondary N) is 2. The number of fused-ring (bicyclic) bond motifs is 1. The number of rotatable bonds is 9. The molecular weight excluding hydrogens is 446 g/mol. The number of hydrogen-bond donors (Lipinski definition) is 2. The summed E-state index contributed by atoms with van der Waals surface area (Å²) in [6, 6.07) is 5.37. The summed E-state index contributed by atoms with van der Waals surface area (Å²) < 4.78 is 45.2. The van der Waals surface area contributed by atoms with E-state index in [9.17, 15) is 13.2 Å². The van der Waals surface area contributed by atoms with Crippen molar-refractivity contribution in [2.75, 3.05) is 39.3 Å². The fourth-order valence-corrected chi connectivity index (χ4v) is 5.28. The zero-order valence-electron chi connectivity index (χ0n) is 17.2. The van der Waals surface area contributed by atoms with Crippen LogP contribution >= 0.6 is 11.9 Å². The Kier molecular flexibility index (Phi) is 7.54. The lowest BCUT2D eigenvalue weighted by molar-refractivity contribution is 0.136. The lowest BCUT2D eigenvalue weighted by atomic mass is 10.2. The Hall–Kier alpha value is -2.61. The maximum atomic E-state index is 12.9. The maximum Gasteiger partial charge on any atom is 0.335 e. The molecule has 3 rings (SSSR count). The summed E-state index contributed by atoms with van der Waals surface area (Å²) in [5, 5.41) is 2.28. The maximum absolute atomic E-state index is 12.9. The second-order valence-corrected chi connectivity index (χ2v) is 8.99. The number of amides is 2. The van der Waals surface area contributed by atoms with Crippen molar-refractivity contribution < 1.29 is 27.4 Å². The van der Waals surface area contributed by atoms with Crippen molar-refractivity contribution in [3.63, 3.8) is 0 Å². The molecule has 0 spiro atoms. The van der Waals surface area contributed by atoms with Gasteiger partial charge in [-0.05, 0) is 30.5 Å². The Morgan fingerprint density at radius 1 is 1.23 bits per heavy atom. The van der Waals surface area contributed by atoms with E-state index in [2.05, 4.69) is 15.3 Å². The standard InChI is InChI=1S/C18H23N5O6S2/c1-4-29-9-8-23-11-12-6-5-7-13(16(12)30-23)31(25,26)22-18(24)21-17-19-14(27-2)10-15(20-17)28-3/h5-7,10H,4,8-9,11H2,1-3H3,(H2,19,20,21,22,24). The molecule has 11 nitrogen and oxygen atoms in total. The second-order valence-electron chi connectivity index (χ2n) is 6.23. The molecular formula is C18H23N5O6S2. The van der Waals surface area contributed by atoms with Gasteiger partial charge in [-0.1, -0.05) is 12.1 Å². The summed E-state index contributed by atoms with van der Waals surface area (Å²) in [5.74, 6) is 0.127. The van der Waals surface area contributed by atoms with Crippen molar-refractivity contribution >= 4 is 34.0 Å². The average Bonchev–Trinajstić information content (AvgIpc) is 3.15. The van der Waals surface area contributed by atoms with Gasteiger partial charge in [0.2, 0.25) is 17.7 Å². The van der Waals surface area contributed by atoms with E-state index in [1.165, 1.54) is 38.3 Å². The van der Waals surface area contributed by atoms with E-state index in [4.69, 9.17) is 14.2 Å². The highest BCUT2D eigenvalue weighted by Gasteiger charge is 2.29. The third kappa shape index (κ3) is 5.76. The van der Waals surface area contributed by atoms with E-state index in [0.29, 0.717) is 31.2 Å². The molecule has 1 aromatic carbocycles. The van der Waals surface area contributed by atoms with Crippen LogP contribution in [0.5, 0.6) is 11.8 Å². The SMILES string of the molecule is CCOCCN1Cc2cccc(S(=O)(=O)NC(=O)Nc3nc(OC)cc(OC)n3)c2S1. The zero-order chi connectivity index (χ0) is 22.4.